The summed E-state index contributed by atoms with van der Waals surface area (Å²) in [5, 5.41) is 0. The Morgan fingerprint density at radius 1 is 0.938 bits per heavy atom. The average Bonchev–Trinajstić information content (AvgIpc) is 2.74. The Morgan fingerprint density at radius 3 is 2.28 bits per heavy atom. The number of nitrogens with zero attached hydrogens (tertiary/aromatic N) is 2. The highest BCUT2D eigenvalue weighted by Gasteiger charge is 2.37. The Morgan fingerprint density at radius 2 is 1.62 bits per heavy atom. The molecule has 0 bridgehead atoms. The maximum absolute atomic E-state index is 13.8. The van der Waals surface area contributed by atoms with Crippen molar-refractivity contribution in [1.82, 2.24) is 4.98 Å². The average molecular weight is 445 g/mol. The number of halogens is 4. The monoisotopic (exact) mass is 445 g/mol. The summed E-state index contributed by atoms with van der Waals surface area (Å²) >= 11 is 0. The van der Waals surface area contributed by atoms with Crippen LogP contribution < -0.4 is 15.4 Å². The molecule has 32 heavy (non-hydrogen) atoms. The molecule has 166 valence electrons. The van der Waals surface area contributed by atoms with Gasteiger partial charge in [-0.25, -0.2) is 4.39 Å². The highest BCUT2D eigenvalue weighted by molar-refractivity contribution is 6.13. The van der Waals surface area contributed by atoms with E-state index in [0.717, 1.165) is 12.1 Å². The Hall–Kier alpha value is -3.62. The van der Waals surface area contributed by atoms with E-state index in [4.69, 9.17) is 0 Å². The second kappa shape index (κ2) is 7.81. The predicted octanol–water partition coefficient (Wildman–Crippen LogP) is 5.16. The molecule has 0 saturated carbocycles. The van der Waals surface area contributed by atoms with E-state index in [0.29, 0.717) is 34.7 Å². The maximum Gasteiger partial charge on any atom is 0.416 e. The largest absolute Gasteiger partial charge is 0.416 e. The van der Waals surface area contributed by atoms with E-state index in [9.17, 15) is 27.2 Å². The summed E-state index contributed by atoms with van der Waals surface area (Å²) in [5.74, 6) is -1.06. The number of anilines is 3. The van der Waals surface area contributed by atoms with Crippen LogP contribution >= 0.6 is 0 Å². The molecule has 0 unspecified atom stereocenters. The molecule has 2 aromatic carbocycles. The van der Waals surface area contributed by atoms with Crippen LogP contribution in [-0.4, -0.2) is 17.6 Å². The molecule has 0 aliphatic carbocycles. The smallest absolute Gasteiger partial charge is 0.324 e. The van der Waals surface area contributed by atoms with Crippen LogP contribution in [0.5, 0.6) is 0 Å². The van der Waals surface area contributed by atoms with Gasteiger partial charge in [0.1, 0.15) is 12.5 Å². The molecule has 0 saturated heterocycles. The number of rotatable bonds is 3. The van der Waals surface area contributed by atoms with E-state index >= 15 is 0 Å². The van der Waals surface area contributed by atoms with Gasteiger partial charge in [0.15, 0.2) is 0 Å². The van der Waals surface area contributed by atoms with E-state index in [1.165, 1.54) is 35.2 Å². The number of fused-ring (bicyclic) bond motifs is 1. The maximum atomic E-state index is 13.8. The van der Waals surface area contributed by atoms with Crippen molar-refractivity contribution in [3.05, 3.63) is 87.1 Å². The molecule has 1 aliphatic heterocycles. The molecule has 0 atom stereocenters. The third-order valence-corrected chi connectivity index (χ3v) is 5.46. The molecule has 4 rings (SSSR count). The van der Waals surface area contributed by atoms with Gasteiger partial charge in [-0.15, -0.1) is 0 Å². The zero-order valence-corrected chi connectivity index (χ0v) is 17.3. The number of aromatic nitrogens is 1. The minimum absolute atomic E-state index is 0.0251. The molecule has 1 N–H and O–H groups in total. The van der Waals surface area contributed by atoms with E-state index < -0.39 is 23.5 Å². The predicted molar refractivity (Wildman–Crippen MR) is 113 cm³/mol. The zero-order chi connectivity index (χ0) is 23.2. The summed E-state index contributed by atoms with van der Waals surface area (Å²) in [6.07, 6.45) is -4.15. The lowest BCUT2D eigenvalue weighted by atomic mass is 10.0. The summed E-state index contributed by atoms with van der Waals surface area (Å²) in [6, 6.07) is 9.89. The van der Waals surface area contributed by atoms with Gasteiger partial charge >= 0.3 is 6.18 Å². The lowest BCUT2D eigenvalue weighted by Crippen LogP contribution is -2.46. The van der Waals surface area contributed by atoms with Gasteiger partial charge in [-0.3, -0.25) is 14.5 Å². The summed E-state index contributed by atoms with van der Waals surface area (Å²) in [7, 11) is 0. The van der Waals surface area contributed by atoms with Crippen molar-refractivity contribution in [3.63, 3.8) is 0 Å². The van der Waals surface area contributed by atoms with Crippen LogP contribution in [0, 0.1) is 12.7 Å². The number of hydrogen-bond donors (Lipinski definition) is 1. The molecule has 1 aliphatic rings. The first-order valence-electron chi connectivity index (χ1n) is 9.89. The van der Waals surface area contributed by atoms with Gasteiger partial charge in [0.25, 0.3) is 5.91 Å². The Balaban J connectivity index is 1.94. The van der Waals surface area contributed by atoms with E-state index in [1.807, 2.05) is 6.92 Å². The fourth-order valence-corrected chi connectivity index (χ4v) is 3.90. The van der Waals surface area contributed by atoms with Crippen LogP contribution in [0.2, 0.25) is 0 Å². The fourth-order valence-electron chi connectivity index (χ4n) is 3.90. The van der Waals surface area contributed by atoms with E-state index in [2.05, 4.69) is 4.98 Å². The second-order valence-electron chi connectivity index (χ2n) is 7.49. The van der Waals surface area contributed by atoms with Gasteiger partial charge < -0.3 is 9.88 Å². The number of carbonyl (C=O) groups excluding carboxylic acids is 1. The van der Waals surface area contributed by atoms with Crippen LogP contribution in [0.4, 0.5) is 34.6 Å². The lowest BCUT2D eigenvalue weighted by molar-refractivity contribution is -0.137. The normalized spacial score (nSPS) is 14.0. The number of aryl methyl sites for hydroxylation is 2. The molecule has 5 nitrogen and oxygen atoms in total. The standard InChI is InChI=1S/C23H19F4N3O2/c1-3-14-10-16(24)5-7-19(14)29-12-30(18-8-9-21(31)28-13(18)2)22(32)17-11-15(23(25,26)27)4-6-20(17)29/h4-11H,3,12H2,1-2H3,(H,28,31). The van der Waals surface area contributed by atoms with Crippen molar-refractivity contribution >= 4 is 23.0 Å². The van der Waals surface area contributed by atoms with Gasteiger partial charge in [-0.05, 0) is 61.4 Å². The summed E-state index contributed by atoms with van der Waals surface area (Å²) in [6.45, 7) is 3.42. The molecular formula is C23H19F4N3O2. The van der Waals surface area contributed by atoms with Crippen LogP contribution in [0.1, 0.15) is 34.1 Å². The number of H-pyrrole nitrogens is 1. The zero-order valence-electron chi connectivity index (χ0n) is 17.3. The minimum Gasteiger partial charge on any atom is -0.324 e. The van der Waals surface area contributed by atoms with Crippen molar-refractivity contribution in [1.29, 1.82) is 0 Å². The number of hydrogen-bond acceptors (Lipinski definition) is 3. The topological polar surface area (TPSA) is 56.4 Å². The number of nitrogens with one attached hydrogen (secondary N) is 1. The minimum atomic E-state index is -4.62. The SMILES string of the molecule is CCc1cc(F)ccc1N1CN(c2ccc(=O)[nH]c2C)C(=O)c2cc(C(F)(F)F)ccc21. The van der Waals surface area contributed by atoms with Crippen molar-refractivity contribution in [3.8, 4) is 0 Å². The molecule has 3 aromatic rings. The number of amides is 1. The van der Waals surface area contributed by atoms with Gasteiger partial charge in [-0.2, -0.15) is 13.2 Å². The molecule has 0 spiro atoms. The molecule has 2 heterocycles. The highest BCUT2D eigenvalue weighted by atomic mass is 19.4. The van der Waals surface area contributed by atoms with Crippen molar-refractivity contribution < 1.29 is 22.4 Å². The first-order chi connectivity index (χ1) is 15.1. The van der Waals surface area contributed by atoms with Crippen LogP contribution in [0.25, 0.3) is 0 Å². The molecular weight excluding hydrogens is 426 g/mol. The van der Waals surface area contributed by atoms with Crippen molar-refractivity contribution in [2.45, 2.75) is 26.4 Å². The third-order valence-electron chi connectivity index (χ3n) is 5.46. The van der Waals surface area contributed by atoms with E-state index in [-0.39, 0.29) is 17.8 Å². The summed E-state index contributed by atoms with van der Waals surface area (Å²) < 4.78 is 54.0. The van der Waals surface area contributed by atoms with Crippen molar-refractivity contribution in [2.75, 3.05) is 16.5 Å². The summed E-state index contributed by atoms with van der Waals surface area (Å²) in [4.78, 5) is 30.5. The molecule has 0 radical (unpaired) electrons. The van der Waals surface area contributed by atoms with Gasteiger partial charge in [0.2, 0.25) is 5.56 Å². The third kappa shape index (κ3) is 3.74. The number of aromatic amines is 1. The van der Waals surface area contributed by atoms with Gasteiger partial charge in [-0.1, -0.05) is 6.92 Å². The quantitative estimate of drug-likeness (QED) is 0.567. The van der Waals surface area contributed by atoms with Crippen LogP contribution in [0.3, 0.4) is 0 Å². The number of pyridine rings is 1. The highest BCUT2D eigenvalue weighted by Crippen LogP contribution is 2.40. The number of carbonyl (C=O) groups is 1. The van der Waals surface area contributed by atoms with E-state index in [1.54, 1.807) is 17.9 Å². The summed E-state index contributed by atoms with van der Waals surface area (Å²) in [5.41, 5.74) is 0.834. The lowest BCUT2D eigenvalue weighted by Gasteiger charge is -2.39. The molecule has 0 fully saturated rings. The molecule has 1 aromatic heterocycles. The first kappa shape index (κ1) is 21.6. The number of benzene rings is 2. The second-order valence-corrected chi connectivity index (χ2v) is 7.49. The Bertz CT molecular complexity index is 1270. The number of alkyl halides is 3. The first-order valence-corrected chi connectivity index (χ1v) is 9.89. The molecule has 9 heteroatoms. The fraction of sp³-hybridized carbons (Fsp3) is 0.217. The van der Waals surface area contributed by atoms with Crippen molar-refractivity contribution in [2.24, 2.45) is 0 Å². The van der Waals surface area contributed by atoms with Gasteiger partial charge in [0.05, 0.1) is 22.5 Å². The van der Waals surface area contributed by atoms with Crippen LogP contribution in [-0.2, 0) is 12.6 Å². The van der Waals surface area contributed by atoms with Crippen LogP contribution in [0.15, 0.2) is 53.3 Å². The molecule has 1 amide bonds. The Labute approximate surface area is 180 Å². The Kier molecular flexibility index (Phi) is 5.28. The van der Waals surface area contributed by atoms with Gasteiger partial charge in [0, 0.05) is 17.4 Å².